The molecule has 4 heterocycles. The zero-order valence-corrected chi connectivity index (χ0v) is 16.0. The van der Waals surface area contributed by atoms with Gasteiger partial charge in [-0.3, -0.25) is 0 Å². The van der Waals surface area contributed by atoms with Crippen molar-refractivity contribution in [3.63, 3.8) is 0 Å². The lowest BCUT2D eigenvalue weighted by Crippen LogP contribution is -1.99. The molecule has 29 heavy (non-hydrogen) atoms. The Morgan fingerprint density at radius 3 is 2.48 bits per heavy atom. The van der Waals surface area contributed by atoms with Gasteiger partial charge < -0.3 is 14.5 Å². The van der Waals surface area contributed by atoms with E-state index in [4.69, 9.17) is 4.98 Å². The average molecular weight is 382 g/mol. The van der Waals surface area contributed by atoms with Gasteiger partial charge >= 0.3 is 0 Å². The highest BCUT2D eigenvalue weighted by Crippen LogP contribution is 2.26. The Morgan fingerprint density at radius 1 is 0.897 bits per heavy atom. The quantitative estimate of drug-likeness (QED) is 0.511. The number of rotatable bonds is 4. The number of aryl methyl sites for hydroxylation is 2. The molecule has 0 unspecified atom stereocenters. The third kappa shape index (κ3) is 3.10. The maximum atomic E-state index is 4.78. The van der Waals surface area contributed by atoms with Gasteiger partial charge in [-0.15, -0.1) is 0 Å². The Kier molecular flexibility index (Phi) is 4.02. The van der Waals surface area contributed by atoms with Gasteiger partial charge in [0.2, 0.25) is 0 Å². The molecule has 0 aliphatic rings. The van der Waals surface area contributed by atoms with E-state index < -0.39 is 0 Å². The summed E-state index contributed by atoms with van der Waals surface area (Å²) >= 11 is 0. The summed E-state index contributed by atoms with van der Waals surface area (Å²) in [5.41, 5.74) is 5.20. The van der Waals surface area contributed by atoms with E-state index in [0.717, 1.165) is 34.0 Å². The summed E-state index contributed by atoms with van der Waals surface area (Å²) in [5.74, 6) is 1.58. The average Bonchev–Trinajstić information content (AvgIpc) is 3.37. The van der Waals surface area contributed by atoms with Crippen LogP contribution in [0.15, 0.2) is 67.6 Å². The van der Waals surface area contributed by atoms with Gasteiger partial charge in [-0.1, -0.05) is 0 Å². The third-order valence-corrected chi connectivity index (χ3v) is 4.79. The molecule has 1 aromatic carbocycles. The highest BCUT2D eigenvalue weighted by molar-refractivity contribution is 5.88. The largest absolute Gasteiger partial charge is 0.338 e. The first kappa shape index (κ1) is 17.1. The molecule has 0 fully saturated rings. The number of pyridine rings is 1. The summed E-state index contributed by atoms with van der Waals surface area (Å²) in [5, 5.41) is 3.36. The predicted molar refractivity (Wildman–Crippen MR) is 111 cm³/mol. The zero-order valence-electron chi connectivity index (χ0n) is 16.0. The van der Waals surface area contributed by atoms with E-state index in [-0.39, 0.29) is 0 Å². The fourth-order valence-corrected chi connectivity index (χ4v) is 3.26. The van der Waals surface area contributed by atoms with Crippen LogP contribution in [-0.4, -0.2) is 34.1 Å². The van der Waals surface area contributed by atoms with Crippen LogP contribution in [0.3, 0.4) is 0 Å². The minimum Gasteiger partial charge on any atom is -0.338 e. The molecule has 0 saturated carbocycles. The summed E-state index contributed by atoms with van der Waals surface area (Å²) in [6.07, 6.45) is 8.81. The van der Waals surface area contributed by atoms with Crippen LogP contribution in [0.25, 0.3) is 33.8 Å². The van der Waals surface area contributed by atoms with Gasteiger partial charge in [0.25, 0.3) is 0 Å². The minimum atomic E-state index is 0.656. The number of nitrogens with zero attached hydrogens (tertiary/aromatic N) is 7. The number of benzene rings is 1. The van der Waals surface area contributed by atoms with Crippen LogP contribution in [-0.2, 0) is 14.1 Å². The van der Waals surface area contributed by atoms with Gasteiger partial charge in [-0.05, 0) is 36.4 Å². The molecule has 0 radical (unpaired) electrons. The first-order chi connectivity index (χ1) is 14.2. The van der Waals surface area contributed by atoms with Gasteiger partial charge in [0.15, 0.2) is 5.82 Å². The van der Waals surface area contributed by atoms with E-state index in [1.165, 1.54) is 0 Å². The number of anilines is 2. The van der Waals surface area contributed by atoms with Gasteiger partial charge in [0.1, 0.15) is 17.7 Å². The van der Waals surface area contributed by atoms with Crippen LogP contribution in [0.5, 0.6) is 0 Å². The van der Waals surface area contributed by atoms with E-state index in [9.17, 15) is 0 Å². The molecule has 0 aliphatic heterocycles. The van der Waals surface area contributed by atoms with Gasteiger partial charge in [0.05, 0.1) is 29.4 Å². The smallest absolute Gasteiger partial charge is 0.160 e. The summed E-state index contributed by atoms with van der Waals surface area (Å²) in [7, 11) is 3.92. The topological polar surface area (TPSA) is 86.3 Å². The van der Waals surface area contributed by atoms with Crippen LogP contribution in [0, 0.1) is 0 Å². The molecule has 5 aromatic rings. The van der Waals surface area contributed by atoms with E-state index in [2.05, 4.69) is 25.3 Å². The van der Waals surface area contributed by atoms with Crippen molar-refractivity contribution in [2.24, 2.45) is 14.1 Å². The fraction of sp³-hybridized carbons (Fsp3) is 0.0952. The van der Waals surface area contributed by atoms with Crippen molar-refractivity contribution >= 4 is 22.5 Å². The van der Waals surface area contributed by atoms with Crippen molar-refractivity contribution < 1.29 is 0 Å². The number of aromatic nitrogens is 7. The monoisotopic (exact) mass is 382 g/mol. The number of imidazole rings is 2. The second-order valence-electron chi connectivity index (χ2n) is 6.74. The SMILES string of the molecule is Cn1cncc1-c1ccc2ncnc(Nc3ccc(-c4nccn4C)cc3)c2n1. The highest BCUT2D eigenvalue weighted by atomic mass is 15.1. The molecule has 0 spiro atoms. The number of hydrogen-bond donors (Lipinski definition) is 1. The zero-order chi connectivity index (χ0) is 19.8. The van der Waals surface area contributed by atoms with Crippen molar-refractivity contribution in [3.05, 3.63) is 67.6 Å². The van der Waals surface area contributed by atoms with Crippen molar-refractivity contribution in [2.75, 3.05) is 5.32 Å². The summed E-state index contributed by atoms with van der Waals surface area (Å²) in [4.78, 5) is 22.1. The number of fused-ring (bicyclic) bond motifs is 1. The molecule has 1 N–H and O–H groups in total. The second-order valence-corrected chi connectivity index (χ2v) is 6.74. The lowest BCUT2D eigenvalue weighted by atomic mass is 10.2. The fourth-order valence-electron chi connectivity index (χ4n) is 3.26. The van der Waals surface area contributed by atoms with Gasteiger partial charge in [-0.25, -0.2) is 24.9 Å². The third-order valence-electron chi connectivity index (χ3n) is 4.79. The van der Waals surface area contributed by atoms with Gasteiger partial charge in [0, 0.05) is 37.7 Å². The summed E-state index contributed by atoms with van der Waals surface area (Å²) < 4.78 is 3.92. The molecule has 142 valence electrons. The van der Waals surface area contributed by atoms with Crippen LogP contribution in [0.4, 0.5) is 11.5 Å². The van der Waals surface area contributed by atoms with E-state index in [0.29, 0.717) is 11.3 Å². The lowest BCUT2D eigenvalue weighted by molar-refractivity contribution is 0.917. The highest BCUT2D eigenvalue weighted by Gasteiger charge is 2.11. The minimum absolute atomic E-state index is 0.656. The Bertz CT molecular complexity index is 1300. The lowest BCUT2D eigenvalue weighted by Gasteiger charge is -2.10. The van der Waals surface area contributed by atoms with Crippen molar-refractivity contribution in [3.8, 4) is 22.8 Å². The summed E-state index contributed by atoms with van der Waals surface area (Å²) in [6.45, 7) is 0. The molecule has 5 rings (SSSR count). The summed E-state index contributed by atoms with van der Waals surface area (Å²) in [6, 6.07) is 12.0. The van der Waals surface area contributed by atoms with Crippen LogP contribution in [0.2, 0.25) is 0 Å². The van der Waals surface area contributed by atoms with Crippen molar-refractivity contribution in [1.82, 2.24) is 34.1 Å². The number of nitrogens with one attached hydrogen (secondary N) is 1. The first-order valence-electron chi connectivity index (χ1n) is 9.12. The van der Waals surface area contributed by atoms with E-state index in [1.54, 1.807) is 25.0 Å². The van der Waals surface area contributed by atoms with Gasteiger partial charge in [-0.2, -0.15) is 0 Å². The van der Waals surface area contributed by atoms with Crippen molar-refractivity contribution in [2.45, 2.75) is 0 Å². The predicted octanol–water partition coefficient (Wildman–Crippen LogP) is 3.57. The Labute approximate surface area is 167 Å². The maximum Gasteiger partial charge on any atom is 0.160 e. The molecular weight excluding hydrogens is 364 g/mol. The molecular formula is C21H18N8. The normalized spacial score (nSPS) is 11.1. The molecule has 4 aromatic heterocycles. The Hall–Kier alpha value is -4.07. The van der Waals surface area contributed by atoms with Crippen LogP contribution < -0.4 is 5.32 Å². The first-order valence-corrected chi connectivity index (χ1v) is 9.12. The molecule has 0 atom stereocenters. The van der Waals surface area contributed by atoms with Crippen molar-refractivity contribution in [1.29, 1.82) is 0 Å². The molecule has 0 saturated heterocycles. The standard InChI is InChI=1S/C21H18N8/c1-28-10-9-23-21(28)14-3-5-15(6-4-14)26-20-19-17(24-12-25-20)8-7-16(27-19)18-11-22-13-29(18)2/h3-13H,1-2H3,(H,24,25,26). The molecule has 8 nitrogen and oxygen atoms in total. The Balaban J connectivity index is 1.50. The molecule has 0 aliphatic carbocycles. The van der Waals surface area contributed by atoms with E-state index >= 15 is 0 Å². The van der Waals surface area contributed by atoms with Crippen LogP contribution in [0.1, 0.15) is 0 Å². The van der Waals surface area contributed by atoms with Crippen LogP contribution >= 0.6 is 0 Å². The molecule has 0 bridgehead atoms. The molecule has 8 heteroatoms. The maximum absolute atomic E-state index is 4.78. The number of hydrogen-bond acceptors (Lipinski definition) is 6. The second kappa shape index (κ2) is 6.83. The Morgan fingerprint density at radius 2 is 1.76 bits per heavy atom. The van der Waals surface area contributed by atoms with E-state index in [1.807, 2.05) is 65.8 Å². The molecule has 0 amide bonds.